The van der Waals surface area contributed by atoms with Crippen molar-refractivity contribution in [2.24, 2.45) is 0 Å². The third-order valence-corrected chi connectivity index (χ3v) is 5.58. The SMILES string of the molecule is CCNC(=S)N(CCN1CCOCC1)Cc1cc2cc3c(cc2[nH]c1=O)OCO3. The van der Waals surface area contributed by atoms with Crippen LogP contribution in [0, 0.1) is 0 Å². The number of aromatic nitrogens is 1. The molecular formula is C20H26N4O4S. The van der Waals surface area contributed by atoms with E-state index in [2.05, 4.69) is 20.1 Å². The number of rotatable bonds is 6. The molecule has 2 aromatic rings. The Morgan fingerprint density at radius 1 is 1.24 bits per heavy atom. The fourth-order valence-electron chi connectivity index (χ4n) is 3.57. The van der Waals surface area contributed by atoms with E-state index in [0.29, 0.717) is 28.7 Å². The van der Waals surface area contributed by atoms with Crippen LogP contribution < -0.4 is 20.3 Å². The smallest absolute Gasteiger partial charge is 0.253 e. The van der Waals surface area contributed by atoms with Crippen molar-refractivity contribution in [3.05, 3.63) is 34.1 Å². The van der Waals surface area contributed by atoms with Gasteiger partial charge in [-0.2, -0.15) is 0 Å². The minimum absolute atomic E-state index is 0.118. The van der Waals surface area contributed by atoms with Crippen molar-refractivity contribution < 1.29 is 14.2 Å². The average Bonchev–Trinajstić information content (AvgIpc) is 3.18. The minimum Gasteiger partial charge on any atom is -0.454 e. The molecule has 0 radical (unpaired) electrons. The number of aromatic amines is 1. The Hall–Kier alpha value is -2.36. The highest BCUT2D eigenvalue weighted by molar-refractivity contribution is 7.80. The summed E-state index contributed by atoms with van der Waals surface area (Å²) in [6.45, 7) is 8.38. The standard InChI is InChI=1S/C20H26N4O4S/c1-2-21-20(29)24(4-3-23-5-7-26-8-6-23)12-15-9-14-10-17-18(28-13-27-17)11-16(14)22-19(15)25/h9-11H,2-8,12-13H2,1H3,(H,21,29)(H,22,25). The fraction of sp³-hybridized carbons (Fsp3) is 0.500. The zero-order valence-electron chi connectivity index (χ0n) is 16.5. The Balaban J connectivity index is 1.54. The molecule has 0 bridgehead atoms. The summed E-state index contributed by atoms with van der Waals surface area (Å²) in [5.74, 6) is 1.35. The molecule has 0 spiro atoms. The molecule has 29 heavy (non-hydrogen) atoms. The second-order valence-electron chi connectivity index (χ2n) is 7.13. The van der Waals surface area contributed by atoms with Crippen molar-refractivity contribution in [1.29, 1.82) is 0 Å². The summed E-state index contributed by atoms with van der Waals surface area (Å²) in [6, 6.07) is 5.62. The van der Waals surface area contributed by atoms with Crippen LogP contribution in [0.2, 0.25) is 0 Å². The lowest BCUT2D eigenvalue weighted by atomic mass is 10.1. The van der Waals surface area contributed by atoms with Crippen LogP contribution in [-0.2, 0) is 11.3 Å². The van der Waals surface area contributed by atoms with Gasteiger partial charge in [-0.3, -0.25) is 9.69 Å². The van der Waals surface area contributed by atoms with Gasteiger partial charge in [0.1, 0.15) is 0 Å². The van der Waals surface area contributed by atoms with E-state index in [1.807, 2.05) is 25.1 Å². The van der Waals surface area contributed by atoms with Gasteiger partial charge < -0.3 is 29.4 Å². The van der Waals surface area contributed by atoms with E-state index in [1.165, 1.54) is 0 Å². The Morgan fingerprint density at radius 2 is 2.00 bits per heavy atom. The number of H-pyrrole nitrogens is 1. The van der Waals surface area contributed by atoms with Crippen molar-refractivity contribution >= 4 is 28.2 Å². The normalized spacial score (nSPS) is 16.2. The molecule has 8 nitrogen and oxygen atoms in total. The molecule has 1 aromatic heterocycles. The van der Waals surface area contributed by atoms with Gasteiger partial charge in [0.2, 0.25) is 6.79 Å². The van der Waals surface area contributed by atoms with Crippen LogP contribution in [0.1, 0.15) is 12.5 Å². The average molecular weight is 419 g/mol. The molecule has 0 amide bonds. The number of ether oxygens (including phenoxy) is 3. The van der Waals surface area contributed by atoms with Gasteiger partial charge in [0.05, 0.1) is 25.3 Å². The molecule has 0 unspecified atom stereocenters. The molecule has 0 aliphatic carbocycles. The van der Waals surface area contributed by atoms with Crippen LogP contribution in [0.5, 0.6) is 11.5 Å². The predicted octanol–water partition coefficient (Wildman–Crippen LogP) is 1.29. The van der Waals surface area contributed by atoms with Crippen molar-refractivity contribution in [1.82, 2.24) is 20.1 Å². The lowest BCUT2D eigenvalue weighted by molar-refractivity contribution is 0.0357. The maximum atomic E-state index is 12.7. The molecule has 156 valence electrons. The van der Waals surface area contributed by atoms with Gasteiger partial charge in [-0.1, -0.05) is 0 Å². The van der Waals surface area contributed by atoms with Crippen LogP contribution in [0.4, 0.5) is 0 Å². The first kappa shape index (κ1) is 19.9. The number of thiocarbonyl (C=S) groups is 1. The van der Waals surface area contributed by atoms with E-state index in [1.54, 1.807) is 0 Å². The molecule has 1 saturated heterocycles. The topological polar surface area (TPSA) is 79.1 Å². The molecule has 9 heteroatoms. The summed E-state index contributed by atoms with van der Waals surface area (Å²) < 4.78 is 16.3. The second-order valence-corrected chi connectivity index (χ2v) is 7.51. The van der Waals surface area contributed by atoms with Gasteiger partial charge in [-0.15, -0.1) is 0 Å². The van der Waals surface area contributed by atoms with E-state index in [4.69, 9.17) is 26.4 Å². The van der Waals surface area contributed by atoms with E-state index < -0.39 is 0 Å². The zero-order valence-corrected chi connectivity index (χ0v) is 17.3. The lowest BCUT2D eigenvalue weighted by Gasteiger charge is -2.31. The van der Waals surface area contributed by atoms with Gasteiger partial charge in [0.15, 0.2) is 16.6 Å². The highest BCUT2D eigenvalue weighted by Gasteiger charge is 2.18. The van der Waals surface area contributed by atoms with Crippen LogP contribution in [-0.4, -0.2) is 72.6 Å². The van der Waals surface area contributed by atoms with E-state index in [-0.39, 0.29) is 12.4 Å². The van der Waals surface area contributed by atoms with Gasteiger partial charge in [0.25, 0.3) is 5.56 Å². The maximum absolute atomic E-state index is 12.7. The summed E-state index contributed by atoms with van der Waals surface area (Å²) in [5.41, 5.74) is 1.28. The van der Waals surface area contributed by atoms with Crippen molar-refractivity contribution in [3.63, 3.8) is 0 Å². The third kappa shape index (κ3) is 4.63. The third-order valence-electron chi connectivity index (χ3n) is 5.18. The van der Waals surface area contributed by atoms with E-state index >= 15 is 0 Å². The van der Waals surface area contributed by atoms with Crippen molar-refractivity contribution in [3.8, 4) is 11.5 Å². The first-order valence-corrected chi connectivity index (χ1v) is 10.3. The quantitative estimate of drug-likeness (QED) is 0.680. The Kier molecular flexibility index (Phi) is 6.17. The molecule has 0 saturated carbocycles. The summed E-state index contributed by atoms with van der Waals surface area (Å²) in [4.78, 5) is 20.1. The van der Waals surface area contributed by atoms with Crippen LogP contribution in [0.25, 0.3) is 10.9 Å². The van der Waals surface area contributed by atoms with Crippen molar-refractivity contribution in [2.75, 3.05) is 52.7 Å². The molecule has 0 atom stereocenters. The molecule has 4 rings (SSSR count). The van der Waals surface area contributed by atoms with Crippen LogP contribution in [0.3, 0.4) is 0 Å². The number of morpholine rings is 1. The Labute approximate surface area is 174 Å². The second kappa shape index (κ2) is 8.98. The summed E-state index contributed by atoms with van der Waals surface area (Å²) in [7, 11) is 0. The first-order chi connectivity index (χ1) is 14.1. The summed E-state index contributed by atoms with van der Waals surface area (Å²) in [6.07, 6.45) is 0. The molecule has 2 aliphatic heterocycles. The fourth-order valence-corrected chi connectivity index (χ4v) is 3.87. The van der Waals surface area contributed by atoms with E-state index in [0.717, 1.165) is 56.8 Å². The molecule has 2 aliphatic rings. The highest BCUT2D eigenvalue weighted by Crippen LogP contribution is 2.35. The van der Waals surface area contributed by atoms with Gasteiger partial charge >= 0.3 is 0 Å². The molecule has 1 aromatic carbocycles. The number of benzene rings is 1. The minimum atomic E-state index is -0.118. The maximum Gasteiger partial charge on any atom is 0.253 e. The number of hydrogen-bond donors (Lipinski definition) is 2. The monoisotopic (exact) mass is 418 g/mol. The number of pyridine rings is 1. The predicted molar refractivity (Wildman–Crippen MR) is 115 cm³/mol. The first-order valence-electron chi connectivity index (χ1n) is 9.92. The molecule has 1 fully saturated rings. The van der Waals surface area contributed by atoms with E-state index in [9.17, 15) is 4.79 Å². The number of nitrogens with one attached hydrogen (secondary N) is 2. The van der Waals surface area contributed by atoms with Gasteiger partial charge in [-0.05, 0) is 31.3 Å². The number of fused-ring (bicyclic) bond motifs is 2. The lowest BCUT2D eigenvalue weighted by Crippen LogP contribution is -2.46. The molecular weight excluding hydrogens is 392 g/mol. The Bertz CT molecular complexity index is 942. The van der Waals surface area contributed by atoms with Gasteiger partial charge in [-0.25, -0.2) is 0 Å². The van der Waals surface area contributed by atoms with Crippen molar-refractivity contribution in [2.45, 2.75) is 13.5 Å². The molecule has 2 N–H and O–H groups in total. The highest BCUT2D eigenvalue weighted by atomic mass is 32.1. The number of hydrogen-bond acceptors (Lipinski definition) is 6. The zero-order chi connectivity index (χ0) is 20.2. The largest absolute Gasteiger partial charge is 0.454 e. The summed E-state index contributed by atoms with van der Waals surface area (Å²) in [5, 5.41) is 4.78. The van der Waals surface area contributed by atoms with Gasteiger partial charge in [0, 0.05) is 49.7 Å². The van der Waals surface area contributed by atoms with Crippen LogP contribution >= 0.6 is 12.2 Å². The number of nitrogens with zero attached hydrogens (tertiary/aromatic N) is 2. The Morgan fingerprint density at radius 3 is 2.76 bits per heavy atom. The molecule has 3 heterocycles. The van der Waals surface area contributed by atoms with Crippen LogP contribution in [0.15, 0.2) is 23.0 Å². The summed E-state index contributed by atoms with van der Waals surface area (Å²) >= 11 is 5.57.